The molecule has 0 fully saturated rings. The van der Waals surface area contributed by atoms with Crippen LogP contribution in [0.25, 0.3) is 0 Å². The van der Waals surface area contributed by atoms with Crippen LogP contribution in [0.15, 0.2) is 24.3 Å². The van der Waals surface area contributed by atoms with Crippen LogP contribution in [0.1, 0.15) is 0 Å². The van der Waals surface area contributed by atoms with E-state index in [4.69, 9.17) is 0 Å². The minimum absolute atomic E-state index is 0.269. The van der Waals surface area contributed by atoms with Gasteiger partial charge in [0, 0.05) is 12.2 Å². The minimum atomic E-state index is -0.419. The number of nitrogens with one attached hydrogen (secondary N) is 1. The highest BCUT2D eigenvalue weighted by Gasteiger charge is 1.90. The van der Waals surface area contributed by atoms with Crippen molar-refractivity contribution < 1.29 is 8.78 Å². The Morgan fingerprint density at radius 1 is 1.18 bits per heavy atom. The summed E-state index contributed by atoms with van der Waals surface area (Å²) in [6, 6.07) is 5.82. The van der Waals surface area contributed by atoms with E-state index >= 15 is 0 Å². The van der Waals surface area contributed by atoms with Crippen molar-refractivity contribution in [1.82, 2.24) is 0 Å². The molecular formula is C8H9F2N. The fourth-order valence-corrected chi connectivity index (χ4v) is 0.759. The highest BCUT2D eigenvalue weighted by atomic mass is 19.1. The van der Waals surface area contributed by atoms with Gasteiger partial charge in [0.1, 0.15) is 12.5 Å². The first kappa shape index (κ1) is 7.98. The third-order valence-corrected chi connectivity index (χ3v) is 1.27. The van der Waals surface area contributed by atoms with Gasteiger partial charge in [0.15, 0.2) is 0 Å². The molecular weight excluding hydrogens is 148 g/mol. The van der Waals surface area contributed by atoms with Gasteiger partial charge in [-0.05, 0) is 24.3 Å². The van der Waals surface area contributed by atoms with E-state index in [1.807, 2.05) is 0 Å². The molecule has 1 nitrogen and oxygen atoms in total. The van der Waals surface area contributed by atoms with Gasteiger partial charge in [-0.2, -0.15) is 0 Å². The zero-order valence-corrected chi connectivity index (χ0v) is 5.98. The van der Waals surface area contributed by atoms with Gasteiger partial charge in [-0.25, -0.2) is 8.78 Å². The van der Waals surface area contributed by atoms with Crippen molar-refractivity contribution in [3.05, 3.63) is 30.1 Å². The molecule has 11 heavy (non-hydrogen) atoms. The smallest absolute Gasteiger partial charge is 0.123 e. The Morgan fingerprint density at radius 3 is 2.36 bits per heavy atom. The molecule has 1 rings (SSSR count). The summed E-state index contributed by atoms with van der Waals surface area (Å²) >= 11 is 0. The second-order valence-corrected chi connectivity index (χ2v) is 2.12. The molecule has 0 aliphatic rings. The largest absolute Gasteiger partial charge is 0.382 e. The molecule has 3 heteroatoms. The van der Waals surface area contributed by atoms with Crippen LogP contribution in [0.3, 0.4) is 0 Å². The molecule has 60 valence electrons. The van der Waals surface area contributed by atoms with Crippen LogP contribution in [0, 0.1) is 5.82 Å². The average molecular weight is 157 g/mol. The van der Waals surface area contributed by atoms with Crippen molar-refractivity contribution >= 4 is 5.69 Å². The van der Waals surface area contributed by atoms with Gasteiger partial charge in [0.05, 0.1) is 0 Å². The summed E-state index contributed by atoms with van der Waals surface area (Å²) in [7, 11) is 0. The number of anilines is 1. The number of alkyl halides is 1. The predicted molar refractivity (Wildman–Crippen MR) is 40.9 cm³/mol. The van der Waals surface area contributed by atoms with Gasteiger partial charge >= 0.3 is 0 Å². The van der Waals surface area contributed by atoms with Crippen molar-refractivity contribution in [2.45, 2.75) is 0 Å². The Balaban J connectivity index is 2.52. The van der Waals surface area contributed by atoms with Crippen LogP contribution >= 0.6 is 0 Å². The molecule has 1 N–H and O–H groups in total. The second kappa shape index (κ2) is 3.91. The first-order valence-corrected chi connectivity index (χ1v) is 3.38. The maximum Gasteiger partial charge on any atom is 0.123 e. The van der Waals surface area contributed by atoms with Gasteiger partial charge in [-0.3, -0.25) is 0 Å². The fourth-order valence-electron chi connectivity index (χ4n) is 0.759. The summed E-state index contributed by atoms with van der Waals surface area (Å²) in [6.07, 6.45) is 0. The van der Waals surface area contributed by atoms with Gasteiger partial charge in [0.2, 0.25) is 0 Å². The summed E-state index contributed by atoms with van der Waals surface area (Å²) in [5.74, 6) is -0.282. The topological polar surface area (TPSA) is 12.0 Å². The van der Waals surface area contributed by atoms with Gasteiger partial charge < -0.3 is 5.32 Å². The molecule has 0 heterocycles. The Bertz CT molecular complexity index is 208. The maximum absolute atomic E-state index is 12.3. The summed E-state index contributed by atoms with van der Waals surface area (Å²) < 4.78 is 23.9. The van der Waals surface area contributed by atoms with E-state index in [-0.39, 0.29) is 12.4 Å². The molecule has 0 unspecified atom stereocenters. The minimum Gasteiger partial charge on any atom is -0.382 e. The van der Waals surface area contributed by atoms with Crippen molar-refractivity contribution in [2.75, 3.05) is 18.5 Å². The zero-order chi connectivity index (χ0) is 8.10. The Kier molecular flexibility index (Phi) is 2.83. The molecule has 1 aromatic carbocycles. The SMILES string of the molecule is FCCNc1ccc(F)cc1. The summed E-state index contributed by atoms with van der Waals surface area (Å²) in [5.41, 5.74) is 0.740. The third kappa shape index (κ3) is 2.53. The van der Waals surface area contributed by atoms with Crippen LogP contribution in [-0.4, -0.2) is 13.2 Å². The highest BCUT2D eigenvalue weighted by Crippen LogP contribution is 2.07. The van der Waals surface area contributed by atoms with E-state index in [9.17, 15) is 8.78 Å². The average Bonchev–Trinajstić information content (AvgIpc) is 2.04. The summed E-state index contributed by atoms with van der Waals surface area (Å²) in [4.78, 5) is 0. The van der Waals surface area contributed by atoms with Gasteiger partial charge in [-0.15, -0.1) is 0 Å². The Hall–Kier alpha value is -1.12. The van der Waals surface area contributed by atoms with E-state index in [0.717, 1.165) is 5.69 Å². The number of rotatable bonds is 3. The van der Waals surface area contributed by atoms with Crippen molar-refractivity contribution in [2.24, 2.45) is 0 Å². The van der Waals surface area contributed by atoms with Crippen molar-refractivity contribution in [3.8, 4) is 0 Å². The first-order valence-electron chi connectivity index (χ1n) is 3.38. The van der Waals surface area contributed by atoms with E-state index < -0.39 is 6.67 Å². The van der Waals surface area contributed by atoms with Crippen LogP contribution in [0.4, 0.5) is 14.5 Å². The maximum atomic E-state index is 12.3. The molecule has 0 amide bonds. The molecule has 0 bridgehead atoms. The van der Waals surface area contributed by atoms with Gasteiger partial charge in [-0.1, -0.05) is 0 Å². The van der Waals surface area contributed by atoms with Crippen LogP contribution in [-0.2, 0) is 0 Å². The lowest BCUT2D eigenvalue weighted by molar-refractivity contribution is 0.513. The Labute approximate surface area is 64.0 Å². The standard InChI is InChI=1S/C8H9F2N/c9-5-6-11-8-3-1-7(10)2-4-8/h1-4,11H,5-6H2. The highest BCUT2D eigenvalue weighted by molar-refractivity contribution is 5.42. The molecule has 0 saturated heterocycles. The molecule has 0 saturated carbocycles. The third-order valence-electron chi connectivity index (χ3n) is 1.27. The first-order chi connectivity index (χ1) is 5.33. The second-order valence-electron chi connectivity index (χ2n) is 2.12. The lowest BCUT2D eigenvalue weighted by Crippen LogP contribution is -2.02. The van der Waals surface area contributed by atoms with Crippen LogP contribution in [0.5, 0.6) is 0 Å². The van der Waals surface area contributed by atoms with Crippen molar-refractivity contribution in [3.63, 3.8) is 0 Å². The molecule has 0 aromatic heterocycles. The van der Waals surface area contributed by atoms with E-state index in [1.165, 1.54) is 12.1 Å². The van der Waals surface area contributed by atoms with Crippen molar-refractivity contribution in [1.29, 1.82) is 0 Å². The van der Waals surface area contributed by atoms with E-state index in [0.29, 0.717) is 0 Å². The molecule has 0 radical (unpaired) electrons. The molecule has 0 spiro atoms. The number of hydrogen-bond donors (Lipinski definition) is 1. The van der Waals surface area contributed by atoms with Crippen LogP contribution in [0.2, 0.25) is 0 Å². The summed E-state index contributed by atoms with van der Waals surface area (Å²) in [5, 5.41) is 2.78. The predicted octanol–water partition coefficient (Wildman–Crippen LogP) is 2.21. The lowest BCUT2D eigenvalue weighted by Gasteiger charge is -2.01. The lowest BCUT2D eigenvalue weighted by atomic mass is 10.3. The molecule has 0 aliphatic heterocycles. The molecule has 1 aromatic rings. The quantitative estimate of drug-likeness (QED) is 0.709. The monoisotopic (exact) mass is 157 g/mol. The van der Waals surface area contributed by atoms with Gasteiger partial charge in [0.25, 0.3) is 0 Å². The number of halogens is 2. The zero-order valence-electron chi connectivity index (χ0n) is 5.98. The van der Waals surface area contributed by atoms with Crippen LogP contribution < -0.4 is 5.32 Å². The number of benzene rings is 1. The molecule has 0 atom stereocenters. The van der Waals surface area contributed by atoms with E-state index in [2.05, 4.69) is 5.32 Å². The fraction of sp³-hybridized carbons (Fsp3) is 0.250. The Morgan fingerprint density at radius 2 is 1.82 bits per heavy atom. The van der Waals surface area contributed by atoms with E-state index in [1.54, 1.807) is 12.1 Å². The normalized spacial score (nSPS) is 9.64. The number of hydrogen-bond acceptors (Lipinski definition) is 1. The molecule has 0 aliphatic carbocycles. The summed E-state index contributed by atoms with van der Waals surface area (Å²) in [6.45, 7) is -0.150.